The highest BCUT2D eigenvalue weighted by Crippen LogP contribution is 2.31. The Morgan fingerprint density at radius 1 is 0.636 bits per heavy atom. The van der Waals surface area contributed by atoms with Crippen LogP contribution >= 0.6 is 0 Å². The van der Waals surface area contributed by atoms with Gasteiger partial charge in [-0.05, 0) is 16.7 Å². The molecule has 0 atom stereocenters. The summed E-state index contributed by atoms with van der Waals surface area (Å²) in [6.45, 7) is 3.68. The molecule has 0 heterocycles. The Balaban J connectivity index is 2.08. The number of rotatable bonds is 3. The van der Waals surface area contributed by atoms with Gasteiger partial charge in [-0.3, -0.25) is 0 Å². The molecule has 0 N–H and O–H groups in total. The molecule has 0 unspecified atom stereocenters. The molecule has 3 aromatic carbocycles. The van der Waals surface area contributed by atoms with E-state index in [9.17, 15) is 8.78 Å². The van der Waals surface area contributed by atoms with Gasteiger partial charge in [0.15, 0.2) is 11.6 Å². The minimum atomic E-state index is -0.826. The quantitative estimate of drug-likeness (QED) is 0.560. The molecule has 0 fully saturated rings. The summed E-state index contributed by atoms with van der Waals surface area (Å²) in [5, 5.41) is 0. The van der Waals surface area contributed by atoms with Crippen LogP contribution in [0.5, 0.6) is 0 Å². The summed E-state index contributed by atoms with van der Waals surface area (Å²) in [5.41, 5.74) is 2.76. The molecule has 0 aliphatic heterocycles. The van der Waals surface area contributed by atoms with Gasteiger partial charge in [-0.2, -0.15) is 0 Å². The molecule has 3 rings (SSSR count). The van der Waals surface area contributed by atoms with Gasteiger partial charge in [-0.1, -0.05) is 79.4 Å². The molecule has 0 radical (unpaired) electrons. The highest BCUT2D eigenvalue weighted by molar-refractivity contribution is 5.72. The Morgan fingerprint density at radius 3 is 1.64 bits per heavy atom. The van der Waals surface area contributed by atoms with Crippen LogP contribution in [0.4, 0.5) is 8.78 Å². The fourth-order valence-electron chi connectivity index (χ4n) is 2.41. The van der Waals surface area contributed by atoms with E-state index < -0.39 is 11.6 Å². The Morgan fingerprint density at radius 2 is 1.14 bits per heavy atom. The van der Waals surface area contributed by atoms with Gasteiger partial charge in [0.2, 0.25) is 0 Å². The first-order valence-corrected chi connectivity index (χ1v) is 6.97. The lowest BCUT2D eigenvalue weighted by atomic mass is 9.98. The number of benzene rings is 3. The van der Waals surface area contributed by atoms with E-state index in [1.54, 1.807) is 54.6 Å². The Hall–Kier alpha value is -2.74. The molecule has 22 heavy (non-hydrogen) atoms. The summed E-state index contributed by atoms with van der Waals surface area (Å²) >= 11 is 0. The highest BCUT2D eigenvalue weighted by atomic mass is 19.2. The van der Waals surface area contributed by atoms with Gasteiger partial charge in [0, 0.05) is 11.1 Å². The van der Waals surface area contributed by atoms with Crippen LogP contribution in [0.25, 0.3) is 28.3 Å². The van der Waals surface area contributed by atoms with Crippen LogP contribution in [0.15, 0.2) is 73.3 Å². The lowest BCUT2D eigenvalue weighted by molar-refractivity contribution is 0.514. The standard InChI is InChI=1S/C20H14F2/c1-2-14-8-10-16(11-9-14)18-13-12-17(19(21)20(18)22)15-6-4-3-5-7-15/h2-13H,1H2. The Kier molecular flexibility index (Phi) is 3.84. The molecule has 0 aliphatic carbocycles. The number of hydrogen-bond acceptors (Lipinski definition) is 0. The van der Waals surface area contributed by atoms with Crippen molar-refractivity contribution in [3.63, 3.8) is 0 Å². The van der Waals surface area contributed by atoms with Crippen LogP contribution < -0.4 is 0 Å². The van der Waals surface area contributed by atoms with E-state index in [-0.39, 0.29) is 11.1 Å². The van der Waals surface area contributed by atoms with E-state index in [1.807, 2.05) is 18.2 Å². The van der Waals surface area contributed by atoms with Crippen LogP contribution in [0.3, 0.4) is 0 Å². The van der Waals surface area contributed by atoms with Crippen LogP contribution in [-0.4, -0.2) is 0 Å². The van der Waals surface area contributed by atoms with Crippen LogP contribution in [0.1, 0.15) is 5.56 Å². The molecule has 0 nitrogen and oxygen atoms in total. The van der Waals surface area contributed by atoms with Gasteiger partial charge in [0.05, 0.1) is 0 Å². The van der Waals surface area contributed by atoms with Gasteiger partial charge < -0.3 is 0 Å². The SMILES string of the molecule is C=Cc1ccc(-c2ccc(-c3ccccc3)c(F)c2F)cc1. The minimum absolute atomic E-state index is 0.257. The molecule has 108 valence electrons. The maximum Gasteiger partial charge on any atom is 0.167 e. The molecular weight excluding hydrogens is 278 g/mol. The van der Waals surface area contributed by atoms with Crippen molar-refractivity contribution in [1.82, 2.24) is 0 Å². The molecule has 2 heteroatoms. The maximum absolute atomic E-state index is 14.4. The number of halogens is 2. The molecule has 0 bridgehead atoms. The fraction of sp³-hybridized carbons (Fsp3) is 0. The van der Waals surface area contributed by atoms with E-state index in [2.05, 4.69) is 6.58 Å². The molecule has 0 spiro atoms. The molecule has 0 saturated carbocycles. The van der Waals surface area contributed by atoms with Gasteiger partial charge in [0.1, 0.15) is 0 Å². The van der Waals surface area contributed by atoms with E-state index in [4.69, 9.17) is 0 Å². The van der Waals surface area contributed by atoms with Crippen molar-refractivity contribution in [3.05, 3.63) is 90.5 Å². The summed E-state index contributed by atoms with van der Waals surface area (Å²) in [5.74, 6) is -1.65. The average Bonchev–Trinajstić information content (AvgIpc) is 2.58. The Labute approximate surface area is 128 Å². The fourth-order valence-corrected chi connectivity index (χ4v) is 2.41. The van der Waals surface area contributed by atoms with Crippen LogP contribution in [-0.2, 0) is 0 Å². The molecular formula is C20H14F2. The minimum Gasteiger partial charge on any atom is -0.203 e. The van der Waals surface area contributed by atoms with Crippen molar-refractivity contribution in [3.8, 4) is 22.3 Å². The second-order valence-electron chi connectivity index (χ2n) is 4.98. The summed E-state index contributed by atoms with van der Waals surface area (Å²) in [6, 6.07) is 19.4. The highest BCUT2D eigenvalue weighted by Gasteiger charge is 2.15. The zero-order valence-electron chi connectivity index (χ0n) is 11.9. The molecule has 0 aliphatic rings. The third-order valence-corrected chi connectivity index (χ3v) is 3.62. The van der Waals surface area contributed by atoms with Gasteiger partial charge >= 0.3 is 0 Å². The molecule has 3 aromatic rings. The van der Waals surface area contributed by atoms with E-state index >= 15 is 0 Å². The Bertz CT molecular complexity index is 803. The van der Waals surface area contributed by atoms with Crippen molar-refractivity contribution in [2.75, 3.05) is 0 Å². The lowest BCUT2D eigenvalue weighted by Crippen LogP contribution is -1.94. The summed E-state index contributed by atoms with van der Waals surface area (Å²) in [7, 11) is 0. The third kappa shape index (κ3) is 2.56. The predicted molar refractivity (Wildman–Crippen MR) is 87.3 cm³/mol. The molecule has 0 aromatic heterocycles. The van der Waals surface area contributed by atoms with Crippen molar-refractivity contribution in [1.29, 1.82) is 0 Å². The first-order chi connectivity index (χ1) is 10.7. The smallest absolute Gasteiger partial charge is 0.167 e. The average molecular weight is 292 g/mol. The second-order valence-corrected chi connectivity index (χ2v) is 4.98. The van der Waals surface area contributed by atoms with Crippen LogP contribution in [0.2, 0.25) is 0 Å². The number of hydrogen-bond donors (Lipinski definition) is 0. The largest absolute Gasteiger partial charge is 0.203 e. The predicted octanol–water partition coefficient (Wildman–Crippen LogP) is 5.94. The van der Waals surface area contributed by atoms with Crippen molar-refractivity contribution >= 4 is 6.08 Å². The zero-order valence-corrected chi connectivity index (χ0v) is 11.9. The molecule has 0 saturated heterocycles. The monoisotopic (exact) mass is 292 g/mol. The topological polar surface area (TPSA) is 0 Å². The van der Waals surface area contributed by atoms with Crippen LogP contribution in [0, 0.1) is 11.6 Å². The van der Waals surface area contributed by atoms with Crippen molar-refractivity contribution in [2.45, 2.75) is 0 Å². The van der Waals surface area contributed by atoms with Gasteiger partial charge in [-0.25, -0.2) is 8.78 Å². The normalized spacial score (nSPS) is 10.5. The van der Waals surface area contributed by atoms with Crippen molar-refractivity contribution < 1.29 is 8.78 Å². The van der Waals surface area contributed by atoms with Crippen molar-refractivity contribution in [2.24, 2.45) is 0 Å². The first kappa shape index (κ1) is 14.2. The van der Waals surface area contributed by atoms with Gasteiger partial charge in [0.25, 0.3) is 0 Å². The molecule has 0 amide bonds. The van der Waals surface area contributed by atoms with E-state index in [0.29, 0.717) is 11.1 Å². The lowest BCUT2D eigenvalue weighted by Gasteiger charge is -2.09. The van der Waals surface area contributed by atoms with E-state index in [0.717, 1.165) is 5.56 Å². The third-order valence-electron chi connectivity index (χ3n) is 3.62. The van der Waals surface area contributed by atoms with E-state index in [1.165, 1.54) is 0 Å². The summed E-state index contributed by atoms with van der Waals surface area (Å²) in [4.78, 5) is 0. The zero-order chi connectivity index (χ0) is 15.5. The van der Waals surface area contributed by atoms with Gasteiger partial charge in [-0.15, -0.1) is 0 Å². The maximum atomic E-state index is 14.4. The second kappa shape index (κ2) is 5.94. The summed E-state index contributed by atoms with van der Waals surface area (Å²) < 4.78 is 28.8. The first-order valence-electron chi connectivity index (χ1n) is 6.97. The summed E-state index contributed by atoms with van der Waals surface area (Å²) in [6.07, 6.45) is 1.71.